The Hall–Kier alpha value is -3.76. The van der Waals surface area contributed by atoms with Gasteiger partial charge in [0.05, 0.1) is 39.0 Å². The van der Waals surface area contributed by atoms with Gasteiger partial charge in [0.2, 0.25) is 6.79 Å². The molecule has 0 radical (unpaired) electrons. The standard InChI is InChI=1S/C26H28N2O8/c1-32-18-5-3-16(13-20(18)33-2)23-22(24(29)17-4-6-19-21(14-17)36-15-35-19)25(30)26(31)28(23)8-7-27-9-11-34-12-10-27/h3-6,13-14,23,29H,7-12,15H2,1-2H3. The van der Waals surface area contributed by atoms with Crippen molar-refractivity contribution >= 4 is 17.4 Å². The quantitative estimate of drug-likeness (QED) is 0.351. The van der Waals surface area contributed by atoms with Crippen molar-refractivity contribution in [2.75, 3.05) is 60.4 Å². The largest absolute Gasteiger partial charge is 0.507 e. The van der Waals surface area contributed by atoms with Crippen LogP contribution in [0.5, 0.6) is 23.0 Å². The average Bonchev–Trinajstić information content (AvgIpc) is 3.49. The number of ketones is 1. The summed E-state index contributed by atoms with van der Waals surface area (Å²) in [5.41, 5.74) is 0.986. The molecule has 0 bridgehead atoms. The highest BCUT2D eigenvalue weighted by Gasteiger charge is 2.46. The third kappa shape index (κ3) is 4.33. The van der Waals surface area contributed by atoms with Crippen LogP contribution in [0.4, 0.5) is 0 Å². The molecule has 190 valence electrons. The Morgan fingerprint density at radius 1 is 0.972 bits per heavy atom. The van der Waals surface area contributed by atoms with Crippen molar-refractivity contribution in [3.63, 3.8) is 0 Å². The predicted octanol–water partition coefficient (Wildman–Crippen LogP) is 2.19. The van der Waals surface area contributed by atoms with Crippen LogP contribution in [-0.2, 0) is 14.3 Å². The van der Waals surface area contributed by atoms with E-state index in [-0.39, 0.29) is 18.1 Å². The van der Waals surface area contributed by atoms with E-state index in [4.69, 9.17) is 23.7 Å². The number of fused-ring (bicyclic) bond motifs is 1. The fraction of sp³-hybridized carbons (Fsp3) is 0.385. The fourth-order valence-corrected chi connectivity index (χ4v) is 4.75. The van der Waals surface area contributed by atoms with Gasteiger partial charge in [-0.2, -0.15) is 0 Å². The number of Topliss-reactive ketones (excluding diaryl/α,β-unsaturated/α-hetero) is 1. The first-order chi connectivity index (χ1) is 17.5. The molecule has 2 aromatic rings. The lowest BCUT2D eigenvalue weighted by Crippen LogP contribution is -2.42. The molecule has 2 aromatic carbocycles. The zero-order chi connectivity index (χ0) is 25.2. The minimum absolute atomic E-state index is 0.00747. The number of aliphatic hydroxyl groups is 1. The molecule has 3 heterocycles. The Labute approximate surface area is 208 Å². The van der Waals surface area contributed by atoms with Crippen LogP contribution in [0.3, 0.4) is 0 Å². The van der Waals surface area contributed by atoms with Gasteiger partial charge < -0.3 is 33.7 Å². The van der Waals surface area contributed by atoms with Gasteiger partial charge in [0, 0.05) is 31.7 Å². The number of nitrogens with zero attached hydrogens (tertiary/aromatic N) is 2. The highest BCUT2D eigenvalue weighted by Crippen LogP contribution is 2.43. The third-order valence-corrected chi connectivity index (χ3v) is 6.67. The van der Waals surface area contributed by atoms with Crippen LogP contribution in [0.2, 0.25) is 0 Å². The first kappa shape index (κ1) is 24.0. The molecule has 2 saturated heterocycles. The smallest absolute Gasteiger partial charge is 0.295 e. The van der Waals surface area contributed by atoms with Crippen molar-refractivity contribution in [2.45, 2.75) is 6.04 Å². The number of benzene rings is 2. The second-order valence-corrected chi connectivity index (χ2v) is 8.63. The molecule has 0 aliphatic carbocycles. The maximum atomic E-state index is 13.3. The number of ether oxygens (including phenoxy) is 5. The van der Waals surface area contributed by atoms with Gasteiger partial charge >= 0.3 is 0 Å². The normalized spacial score (nSPS) is 21.2. The molecule has 1 N–H and O–H groups in total. The molecule has 0 aromatic heterocycles. The van der Waals surface area contributed by atoms with Crippen LogP contribution in [-0.4, -0.2) is 87.0 Å². The van der Waals surface area contributed by atoms with E-state index in [1.165, 1.54) is 19.1 Å². The van der Waals surface area contributed by atoms with Crippen molar-refractivity contribution in [2.24, 2.45) is 0 Å². The maximum absolute atomic E-state index is 13.3. The Bertz CT molecular complexity index is 1200. The van der Waals surface area contributed by atoms with E-state index in [0.717, 1.165) is 13.1 Å². The number of morpholine rings is 1. The molecule has 0 spiro atoms. The highest BCUT2D eigenvalue weighted by molar-refractivity contribution is 6.46. The number of rotatable bonds is 7. The molecule has 2 fully saturated rings. The van der Waals surface area contributed by atoms with Crippen molar-refractivity contribution < 1.29 is 38.4 Å². The number of carbonyl (C=O) groups is 2. The van der Waals surface area contributed by atoms with Gasteiger partial charge in [-0.15, -0.1) is 0 Å². The molecular formula is C26H28N2O8. The zero-order valence-electron chi connectivity index (χ0n) is 20.2. The zero-order valence-corrected chi connectivity index (χ0v) is 20.2. The van der Waals surface area contributed by atoms with Crippen LogP contribution < -0.4 is 18.9 Å². The minimum Gasteiger partial charge on any atom is -0.507 e. The molecule has 10 heteroatoms. The topological polar surface area (TPSA) is 107 Å². The molecule has 3 aliphatic heterocycles. The van der Waals surface area contributed by atoms with Gasteiger partial charge in [0.25, 0.3) is 11.7 Å². The third-order valence-electron chi connectivity index (χ3n) is 6.67. The van der Waals surface area contributed by atoms with Gasteiger partial charge in [0.1, 0.15) is 5.76 Å². The summed E-state index contributed by atoms with van der Waals surface area (Å²) in [6, 6.07) is 9.31. The maximum Gasteiger partial charge on any atom is 0.295 e. The van der Waals surface area contributed by atoms with Gasteiger partial charge in [0.15, 0.2) is 23.0 Å². The number of methoxy groups -OCH3 is 2. The second kappa shape index (κ2) is 10.1. The summed E-state index contributed by atoms with van der Waals surface area (Å²) in [4.78, 5) is 30.3. The van der Waals surface area contributed by atoms with Crippen molar-refractivity contribution in [1.82, 2.24) is 9.80 Å². The Balaban J connectivity index is 1.57. The summed E-state index contributed by atoms with van der Waals surface area (Å²) in [6.45, 7) is 3.72. The minimum atomic E-state index is -0.809. The average molecular weight is 497 g/mol. The Kier molecular flexibility index (Phi) is 6.71. The van der Waals surface area contributed by atoms with Crippen LogP contribution in [0.25, 0.3) is 5.76 Å². The lowest BCUT2D eigenvalue weighted by molar-refractivity contribution is -0.140. The fourth-order valence-electron chi connectivity index (χ4n) is 4.75. The van der Waals surface area contributed by atoms with E-state index in [1.807, 2.05) is 0 Å². The summed E-state index contributed by atoms with van der Waals surface area (Å²) >= 11 is 0. The Morgan fingerprint density at radius 2 is 1.72 bits per heavy atom. The number of aliphatic hydroxyl groups excluding tert-OH is 1. The molecule has 1 unspecified atom stereocenters. The lowest BCUT2D eigenvalue weighted by atomic mass is 9.95. The molecular weight excluding hydrogens is 468 g/mol. The van der Waals surface area contributed by atoms with Gasteiger partial charge in [-0.25, -0.2) is 0 Å². The van der Waals surface area contributed by atoms with E-state index < -0.39 is 17.7 Å². The lowest BCUT2D eigenvalue weighted by Gasteiger charge is -2.31. The van der Waals surface area contributed by atoms with Crippen LogP contribution >= 0.6 is 0 Å². The predicted molar refractivity (Wildman–Crippen MR) is 128 cm³/mol. The highest BCUT2D eigenvalue weighted by atomic mass is 16.7. The van der Waals surface area contributed by atoms with Crippen LogP contribution in [0.15, 0.2) is 42.0 Å². The number of carbonyl (C=O) groups excluding carboxylic acids is 2. The van der Waals surface area contributed by atoms with Crippen molar-refractivity contribution in [1.29, 1.82) is 0 Å². The summed E-state index contributed by atoms with van der Waals surface area (Å²) in [5, 5.41) is 11.3. The number of hydrogen-bond donors (Lipinski definition) is 1. The molecule has 10 nitrogen and oxygen atoms in total. The summed E-state index contributed by atoms with van der Waals surface area (Å²) in [7, 11) is 3.05. The number of amides is 1. The van der Waals surface area contributed by atoms with E-state index >= 15 is 0 Å². The molecule has 1 atom stereocenters. The second-order valence-electron chi connectivity index (χ2n) is 8.63. The van der Waals surface area contributed by atoms with E-state index in [1.54, 1.807) is 36.4 Å². The summed E-state index contributed by atoms with van der Waals surface area (Å²) in [5.74, 6) is 0.300. The van der Waals surface area contributed by atoms with E-state index in [9.17, 15) is 14.7 Å². The molecule has 36 heavy (non-hydrogen) atoms. The number of likely N-dealkylation sites (tertiary alicyclic amines) is 1. The van der Waals surface area contributed by atoms with Gasteiger partial charge in [-0.1, -0.05) is 6.07 Å². The monoisotopic (exact) mass is 496 g/mol. The molecule has 5 rings (SSSR count). The molecule has 3 aliphatic rings. The van der Waals surface area contributed by atoms with Gasteiger partial charge in [-0.05, 0) is 35.9 Å². The van der Waals surface area contributed by atoms with Crippen LogP contribution in [0, 0.1) is 0 Å². The van der Waals surface area contributed by atoms with Crippen LogP contribution in [0.1, 0.15) is 17.2 Å². The van der Waals surface area contributed by atoms with Crippen molar-refractivity contribution in [3.8, 4) is 23.0 Å². The van der Waals surface area contributed by atoms with Gasteiger partial charge in [-0.3, -0.25) is 14.5 Å². The Morgan fingerprint density at radius 3 is 2.47 bits per heavy atom. The summed E-state index contributed by atoms with van der Waals surface area (Å²) < 4.78 is 27.0. The molecule has 1 amide bonds. The first-order valence-corrected chi connectivity index (χ1v) is 11.7. The summed E-state index contributed by atoms with van der Waals surface area (Å²) in [6.07, 6.45) is 0. The van der Waals surface area contributed by atoms with E-state index in [2.05, 4.69) is 4.90 Å². The van der Waals surface area contributed by atoms with Crippen molar-refractivity contribution in [3.05, 3.63) is 53.1 Å². The van der Waals surface area contributed by atoms with E-state index in [0.29, 0.717) is 60.4 Å². The SMILES string of the molecule is COc1ccc(C2C(=C(O)c3ccc4c(c3)OCO4)C(=O)C(=O)N2CCN2CCOCC2)cc1OC. The first-order valence-electron chi connectivity index (χ1n) is 11.7. The number of hydrogen-bond acceptors (Lipinski definition) is 9. The molecule has 0 saturated carbocycles.